The van der Waals surface area contributed by atoms with Crippen LogP contribution in [-0.2, 0) is 0 Å². The van der Waals surface area contributed by atoms with Gasteiger partial charge in [-0.3, -0.25) is 4.79 Å². The summed E-state index contributed by atoms with van der Waals surface area (Å²) >= 11 is 0. The van der Waals surface area contributed by atoms with Crippen molar-refractivity contribution >= 4 is 18.3 Å². The van der Waals surface area contributed by atoms with E-state index in [2.05, 4.69) is 10.3 Å². The summed E-state index contributed by atoms with van der Waals surface area (Å²) in [6.45, 7) is 1.63. The third kappa shape index (κ3) is 3.34. The molecule has 1 aliphatic heterocycles. The van der Waals surface area contributed by atoms with E-state index in [0.29, 0.717) is 6.04 Å². The highest BCUT2D eigenvalue weighted by atomic mass is 35.5. The number of likely N-dealkylation sites (N-methyl/N-ethyl adjacent to an activating group) is 1. The number of piperidine rings is 1. The van der Waals surface area contributed by atoms with E-state index in [-0.39, 0.29) is 18.3 Å². The average molecular weight is 320 g/mol. The van der Waals surface area contributed by atoms with Crippen molar-refractivity contribution in [2.24, 2.45) is 0 Å². The summed E-state index contributed by atoms with van der Waals surface area (Å²) in [4.78, 5) is 17.8. The third-order valence-corrected chi connectivity index (χ3v) is 4.18. The van der Waals surface area contributed by atoms with Crippen molar-refractivity contribution < 1.29 is 4.79 Å². The van der Waals surface area contributed by atoms with Crippen molar-refractivity contribution in [3.05, 3.63) is 48.3 Å². The normalized spacial score (nSPS) is 17.9. The Kier molecular flexibility index (Phi) is 5.63. The van der Waals surface area contributed by atoms with Gasteiger partial charge in [0.1, 0.15) is 0 Å². The summed E-state index contributed by atoms with van der Waals surface area (Å²) < 4.78 is 0. The zero-order chi connectivity index (χ0) is 14.7. The molecule has 3 rings (SSSR count). The van der Waals surface area contributed by atoms with Crippen molar-refractivity contribution in [2.45, 2.75) is 18.9 Å². The van der Waals surface area contributed by atoms with Crippen molar-refractivity contribution in [2.75, 3.05) is 20.1 Å². The van der Waals surface area contributed by atoms with Gasteiger partial charge in [0.25, 0.3) is 5.91 Å². The molecule has 0 spiro atoms. The van der Waals surface area contributed by atoms with Crippen LogP contribution in [0.1, 0.15) is 23.2 Å². The van der Waals surface area contributed by atoms with Crippen LogP contribution in [0.5, 0.6) is 0 Å². The molecular weight excluding hydrogens is 298 g/mol. The molecule has 1 unspecified atom stereocenters. The van der Waals surface area contributed by atoms with E-state index >= 15 is 0 Å². The van der Waals surface area contributed by atoms with Gasteiger partial charge in [-0.1, -0.05) is 30.3 Å². The molecular formula is C17H22ClN3O. The second kappa shape index (κ2) is 7.47. The van der Waals surface area contributed by atoms with E-state index in [9.17, 15) is 4.79 Å². The summed E-state index contributed by atoms with van der Waals surface area (Å²) in [5.41, 5.74) is 2.81. The molecule has 1 fully saturated rings. The highest BCUT2D eigenvalue weighted by Gasteiger charge is 2.25. The molecule has 2 heterocycles. The van der Waals surface area contributed by atoms with Crippen LogP contribution < -0.4 is 5.32 Å². The standard InChI is InChI=1S/C17H21N3O.ClH/c1-18-14-8-5-9-20(12-14)17(21)16-11-19-10-15(16)13-6-3-2-4-7-13;/h2-4,6-7,10-11,14,18-19H,5,8-9,12H2,1H3;1H. The van der Waals surface area contributed by atoms with Gasteiger partial charge >= 0.3 is 0 Å². The molecule has 0 radical (unpaired) electrons. The van der Waals surface area contributed by atoms with Crippen molar-refractivity contribution in [1.82, 2.24) is 15.2 Å². The lowest BCUT2D eigenvalue weighted by Crippen LogP contribution is -2.47. The number of halogens is 1. The Labute approximate surface area is 137 Å². The fraction of sp³-hybridized carbons (Fsp3) is 0.353. The second-order valence-corrected chi connectivity index (χ2v) is 5.53. The van der Waals surface area contributed by atoms with Crippen LogP contribution in [0.2, 0.25) is 0 Å². The first-order valence-electron chi connectivity index (χ1n) is 7.48. The van der Waals surface area contributed by atoms with Gasteiger partial charge in [0.05, 0.1) is 5.56 Å². The van der Waals surface area contributed by atoms with E-state index in [1.54, 1.807) is 0 Å². The van der Waals surface area contributed by atoms with E-state index in [1.165, 1.54) is 0 Å². The van der Waals surface area contributed by atoms with Gasteiger partial charge in [-0.05, 0) is 25.5 Å². The summed E-state index contributed by atoms with van der Waals surface area (Å²) in [5.74, 6) is 0.120. The maximum absolute atomic E-state index is 12.8. The van der Waals surface area contributed by atoms with Gasteiger partial charge in [0.2, 0.25) is 0 Å². The summed E-state index contributed by atoms with van der Waals surface area (Å²) in [6, 6.07) is 10.4. The number of carbonyl (C=O) groups excluding carboxylic acids is 1. The highest BCUT2D eigenvalue weighted by Crippen LogP contribution is 2.25. The average Bonchev–Trinajstić information content (AvgIpc) is 3.04. The molecule has 0 aliphatic carbocycles. The van der Waals surface area contributed by atoms with Crippen molar-refractivity contribution in [3.63, 3.8) is 0 Å². The quantitative estimate of drug-likeness (QED) is 0.914. The Balaban J connectivity index is 0.00000176. The summed E-state index contributed by atoms with van der Waals surface area (Å²) in [7, 11) is 1.96. The molecule has 1 aromatic carbocycles. The zero-order valence-corrected chi connectivity index (χ0v) is 13.5. The fourth-order valence-corrected chi connectivity index (χ4v) is 2.96. The molecule has 1 aliphatic rings. The molecule has 0 saturated carbocycles. The first-order valence-corrected chi connectivity index (χ1v) is 7.48. The Hall–Kier alpha value is -1.78. The molecule has 1 aromatic heterocycles. The lowest BCUT2D eigenvalue weighted by atomic mass is 10.0. The fourth-order valence-electron chi connectivity index (χ4n) is 2.96. The predicted octanol–water partition coefficient (Wildman–Crippen LogP) is 2.93. The van der Waals surface area contributed by atoms with Crippen LogP contribution >= 0.6 is 12.4 Å². The monoisotopic (exact) mass is 319 g/mol. The number of nitrogens with zero attached hydrogens (tertiary/aromatic N) is 1. The molecule has 4 nitrogen and oxygen atoms in total. The minimum absolute atomic E-state index is 0. The molecule has 1 amide bonds. The van der Waals surface area contributed by atoms with Gasteiger partial charge in [-0.2, -0.15) is 0 Å². The minimum atomic E-state index is 0. The van der Waals surface area contributed by atoms with Gasteiger partial charge in [0, 0.05) is 37.1 Å². The number of aromatic nitrogens is 1. The molecule has 0 bridgehead atoms. The third-order valence-electron chi connectivity index (χ3n) is 4.18. The number of rotatable bonds is 3. The van der Waals surface area contributed by atoms with E-state index in [4.69, 9.17) is 0 Å². The topological polar surface area (TPSA) is 48.1 Å². The Morgan fingerprint density at radius 1 is 1.27 bits per heavy atom. The highest BCUT2D eigenvalue weighted by molar-refractivity contribution is 6.00. The zero-order valence-electron chi connectivity index (χ0n) is 12.7. The van der Waals surface area contributed by atoms with E-state index in [0.717, 1.165) is 42.6 Å². The van der Waals surface area contributed by atoms with Crippen LogP contribution in [0.25, 0.3) is 11.1 Å². The van der Waals surface area contributed by atoms with Crippen LogP contribution in [0.3, 0.4) is 0 Å². The second-order valence-electron chi connectivity index (χ2n) is 5.53. The molecule has 2 N–H and O–H groups in total. The smallest absolute Gasteiger partial charge is 0.256 e. The SMILES string of the molecule is CNC1CCCN(C(=O)c2c[nH]cc2-c2ccccc2)C1.Cl. The molecule has 2 aromatic rings. The minimum Gasteiger partial charge on any atom is -0.366 e. The van der Waals surface area contributed by atoms with Crippen LogP contribution in [-0.4, -0.2) is 42.0 Å². The van der Waals surface area contributed by atoms with Gasteiger partial charge < -0.3 is 15.2 Å². The van der Waals surface area contributed by atoms with Gasteiger partial charge in [0.15, 0.2) is 0 Å². The van der Waals surface area contributed by atoms with Gasteiger partial charge in [-0.15, -0.1) is 12.4 Å². The number of hydrogen-bond acceptors (Lipinski definition) is 2. The lowest BCUT2D eigenvalue weighted by molar-refractivity contribution is 0.0699. The molecule has 118 valence electrons. The number of aromatic amines is 1. The van der Waals surface area contributed by atoms with E-state index < -0.39 is 0 Å². The number of H-pyrrole nitrogens is 1. The predicted molar refractivity (Wildman–Crippen MR) is 91.5 cm³/mol. The molecule has 22 heavy (non-hydrogen) atoms. The molecule has 1 saturated heterocycles. The number of likely N-dealkylation sites (tertiary alicyclic amines) is 1. The summed E-state index contributed by atoms with van der Waals surface area (Å²) in [5, 5.41) is 3.28. The maximum atomic E-state index is 12.8. The Morgan fingerprint density at radius 3 is 2.77 bits per heavy atom. The number of amides is 1. The van der Waals surface area contributed by atoms with Crippen molar-refractivity contribution in [1.29, 1.82) is 0 Å². The maximum Gasteiger partial charge on any atom is 0.256 e. The summed E-state index contributed by atoms with van der Waals surface area (Å²) in [6.07, 6.45) is 5.91. The largest absolute Gasteiger partial charge is 0.366 e. The van der Waals surface area contributed by atoms with Crippen LogP contribution in [0.4, 0.5) is 0 Å². The lowest BCUT2D eigenvalue weighted by Gasteiger charge is -2.32. The first kappa shape index (κ1) is 16.6. The van der Waals surface area contributed by atoms with Crippen LogP contribution in [0.15, 0.2) is 42.7 Å². The van der Waals surface area contributed by atoms with Crippen molar-refractivity contribution in [3.8, 4) is 11.1 Å². The Morgan fingerprint density at radius 2 is 2.05 bits per heavy atom. The number of nitrogens with one attached hydrogen (secondary N) is 2. The Bertz CT molecular complexity index is 611. The molecule has 5 heteroatoms. The first-order chi connectivity index (χ1) is 10.3. The number of benzene rings is 1. The molecule has 1 atom stereocenters. The van der Waals surface area contributed by atoms with Crippen LogP contribution in [0, 0.1) is 0 Å². The number of carbonyl (C=O) groups is 1. The number of hydrogen-bond donors (Lipinski definition) is 2. The van der Waals surface area contributed by atoms with Gasteiger partial charge in [-0.25, -0.2) is 0 Å². The van der Waals surface area contributed by atoms with E-state index in [1.807, 2.05) is 54.7 Å².